The van der Waals surface area contributed by atoms with Crippen LogP contribution in [0.25, 0.3) is 11.0 Å². The van der Waals surface area contributed by atoms with Gasteiger partial charge in [-0.3, -0.25) is 4.90 Å². The molecule has 1 fully saturated rings. The summed E-state index contributed by atoms with van der Waals surface area (Å²) in [6, 6.07) is 15.7. The predicted molar refractivity (Wildman–Crippen MR) is 101 cm³/mol. The van der Waals surface area contributed by atoms with Crippen molar-refractivity contribution in [3.8, 4) is 6.07 Å². The molecule has 0 aliphatic carbocycles. The summed E-state index contributed by atoms with van der Waals surface area (Å²) >= 11 is 0. The molecular weight excluding hydrogens is 343 g/mol. The number of H-pyrrole nitrogens is 1. The Hall–Kier alpha value is -2.75. The van der Waals surface area contributed by atoms with Crippen LogP contribution in [0.1, 0.15) is 22.5 Å². The molecule has 0 bridgehead atoms. The highest BCUT2D eigenvalue weighted by Gasteiger charge is 2.33. The average molecular weight is 364 g/mol. The summed E-state index contributed by atoms with van der Waals surface area (Å²) < 4.78 is 20.2. The number of imidazole rings is 1. The maximum absolute atomic E-state index is 14.4. The molecule has 0 amide bonds. The van der Waals surface area contributed by atoms with Crippen LogP contribution < -0.4 is 0 Å². The molecule has 2 aromatic carbocycles. The van der Waals surface area contributed by atoms with Crippen LogP contribution in [0.4, 0.5) is 4.39 Å². The maximum Gasteiger partial charge on any atom is 0.140 e. The van der Waals surface area contributed by atoms with Gasteiger partial charge in [-0.25, -0.2) is 9.37 Å². The van der Waals surface area contributed by atoms with E-state index in [0.717, 1.165) is 17.6 Å². The Morgan fingerprint density at radius 1 is 1.26 bits per heavy atom. The summed E-state index contributed by atoms with van der Waals surface area (Å²) in [5.41, 5.74) is 4.54. The van der Waals surface area contributed by atoms with Crippen molar-refractivity contribution in [3.63, 3.8) is 0 Å². The number of rotatable bonds is 5. The van der Waals surface area contributed by atoms with Crippen LogP contribution >= 0.6 is 0 Å². The van der Waals surface area contributed by atoms with Gasteiger partial charge in [0.2, 0.25) is 0 Å². The van der Waals surface area contributed by atoms with Gasteiger partial charge in [-0.15, -0.1) is 0 Å². The van der Waals surface area contributed by atoms with Crippen molar-refractivity contribution >= 4 is 11.0 Å². The molecule has 0 unspecified atom stereocenters. The smallest absolute Gasteiger partial charge is 0.140 e. The van der Waals surface area contributed by atoms with Crippen LogP contribution in [0.2, 0.25) is 0 Å². The molecular formula is C21H21FN4O. The van der Waals surface area contributed by atoms with E-state index in [1.807, 2.05) is 0 Å². The highest BCUT2D eigenvalue weighted by atomic mass is 19.1. The molecule has 138 valence electrons. The number of aromatic nitrogens is 2. The van der Waals surface area contributed by atoms with Gasteiger partial charge in [0, 0.05) is 19.6 Å². The number of aromatic amines is 1. The minimum Gasteiger partial charge on any atom is -0.366 e. The molecule has 3 aromatic rings. The number of hydrogen-bond donors (Lipinski definition) is 1. The monoisotopic (exact) mass is 364 g/mol. The predicted octanol–water partition coefficient (Wildman–Crippen LogP) is 3.48. The minimum atomic E-state index is -1.01. The fourth-order valence-corrected chi connectivity index (χ4v) is 3.43. The van der Waals surface area contributed by atoms with E-state index in [2.05, 4.69) is 52.1 Å². The lowest BCUT2D eigenvalue weighted by atomic mass is 10.1. The van der Waals surface area contributed by atoms with Crippen molar-refractivity contribution in [3.05, 3.63) is 65.0 Å². The van der Waals surface area contributed by atoms with Crippen molar-refractivity contribution in [1.82, 2.24) is 14.9 Å². The number of nitrogens with zero attached hydrogens (tertiary/aromatic N) is 3. The number of nitrogens with one attached hydrogen (secondary N) is 1. The van der Waals surface area contributed by atoms with Crippen LogP contribution in [-0.2, 0) is 17.9 Å². The van der Waals surface area contributed by atoms with E-state index in [-0.39, 0.29) is 6.61 Å². The zero-order chi connectivity index (χ0) is 18.8. The fraction of sp³-hybridized carbons (Fsp3) is 0.333. The number of benzene rings is 2. The van der Waals surface area contributed by atoms with Gasteiger partial charge in [-0.05, 0) is 30.7 Å². The van der Waals surface area contributed by atoms with Crippen molar-refractivity contribution in [2.24, 2.45) is 0 Å². The highest BCUT2D eigenvalue weighted by molar-refractivity contribution is 5.76. The van der Waals surface area contributed by atoms with Gasteiger partial charge < -0.3 is 9.72 Å². The Balaban J connectivity index is 1.35. The van der Waals surface area contributed by atoms with E-state index in [0.29, 0.717) is 24.5 Å². The SMILES string of the molecule is Cc1ccc(CN2C[C@@H](F)[C@@H](OCc3nc4ccc(C#N)cc4[nH]3)C2)cc1. The van der Waals surface area contributed by atoms with Gasteiger partial charge in [0.05, 0.1) is 22.7 Å². The fourth-order valence-electron chi connectivity index (χ4n) is 3.43. The quantitative estimate of drug-likeness (QED) is 0.753. The van der Waals surface area contributed by atoms with Crippen LogP contribution in [-0.4, -0.2) is 40.2 Å². The molecule has 4 rings (SSSR count). The lowest BCUT2D eigenvalue weighted by Crippen LogP contribution is -2.24. The first-order valence-corrected chi connectivity index (χ1v) is 9.03. The zero-order valence-corrected chi connectivity index (χ0v) is 15.2. The average Bonchev–Trinajstić information content (AvgIpc) is 3.23. The Morgan fingerprint density at radius 3 is 2.85 bits per heavy atom. The first kappa shape index (κ1) is 17.7. The third-order valence-corrected chi connectivity index (χ3v) is 4.90. The summed E-state index contributed by atoms with van der Waals surface area (Å²) in [7, 11) is 0. The lowest BCUT2D eigenvalue weighted by Gasteiger charge is -2.15. The minimum absolute atomic E-state index is 0.222. The highest BCUT2D eigenvalue weighted by Crippen LogP contribution is 2.21. The van der Waals surface area contributed by atoms with Crippen LogP contribution in [0.5, 0.6) is 0 Å². The molecule has 1 aliphatic rings. The first-order valence-electron chi connectivity index (χ1n) is 9.03. The molecule has 5 nitrogen and oxygen atoms in total. The number of likely N-dealkylation sites (tertiary alicyclic amines) is 1. The van der Waals surface area contributed by atoms with Gasteiger partial charge in [-0.1, -0.05) is 29.8 Å². The summed E-state index contributed by atoms with van der Waals surface area (Å²) in [4.78, 5) is 9.67. The summed E-state index contributed by atoms with van der Waals surface area (Å²) in [5, 5.41) is 8.97. The van der Waals surface area contributed by atoms with E-state index in [1.54, 1.807) is 18.2 Å². The van der Waals surface area contributed by atoms with Crippen molar-refractivity contribution in [2.45, 2.75) is 32.4 Å². The van der Waals surface area contributed by atoms with Gasteiger partial charge >= 0.3 is 0 Å². The largest absolute Gasteiger partial charge is 0.366 e. The molecule has 1 saturated heterocycles. The molecule has 27 heavy (non-hydrogen) atoms. The van der Waals surface area contributed by atoms with Gasteiger partial charge in [0.15, 0.2) is 0 Å². The van der Waals surface area contributed by atoms with Crippen LogP contribution in [0.3, 0.4) is 0 Å². The molecule has 0 radical (unpaired) electrons. The van der Waals surface area contributed by atoms with Crippen LogP contribution in [0.15, 0.2) is 42.5 Å². The summed E-state index contributed by atoms with van der Waals surface area (Å²) in [6.07, 6.45) is -1.47. The molecule has 6 heteroatoms. The molecule has 0 saturated carbocycles. The second kappa shape index (κ2) is 7.47. The summed E-state index contributed by atoms with van der Waals surface area (Å²) in [6.45, 7) is 3.94. The van der Waals surface area contributed by atoms with Crippen molar-refractivity contribution in [1.29, 1.82) is 5.26 Å². The molecule has 0 spiro atoms. The van der Waals surface area contributed by atoms with Crippen molar-refractivity contribution in [2.75, 3.05) is 13.1 Å². The third-order valence-electron chi connectivity index (χ3n) is 4.90. The van der Waals surface area contributed by atoms with E-state index in [4.69, 9.17) is 10.00 Å². The van der Waals surface area contributed by atoms with Gasteiger partial charge in [0.1, 0.15) is 24.7 Å². The second-order valence-corrected chi connectivity index (χ2v) is 7.07. The Bertz CT molecular complexity index is 976. The Kier molecular flexibility index (Phi) is 4.88. The number of halogens is 1. The maximum atomic E-state index is 14.4. The number of alkyl halides is 1. The number of hydrogen-bond acceptors (Lipinski definition) is 4. The van der Waals surface area contributed by atoms with Crippen LogP contribution in [0, 0.1) is 18.3 Å². The van der Waals surface area contributed by atoms with E-state index in [1.165, 1.54) is 11.1 Å². The van der Waals surface area contributed by atoms with E-state index < -0.39 is 12.3 Å². The summed E-state index contributed by atoms with van der Waals surface area (Å²) in [5.74, 6) is 0.643. The molecule has 1 aromatic heterocycles. The topological polar surface area (TPSA) is 64.9 Å². The number of fused-ring (bicyclic) bond motifs is 1. The normalized spacial score (nSPS) is 20.2. The Morgan fingerprint density at radius 2 is 2.07 bits per heavy atom. The molecule has 1 aliphatic heterocycles. The number of nitriles is 1. The standard InChI is InChI=1S/C21H21FN4O/c1-14-2-4-15(5-3-14)10-26-11-17(22)20(12-26)27-13-21-24-18-7-6-16(9-23)8-19(18)25-21/h2-8,17,20H,10-13H2,1H3,(H,24,25)/t17-,20+/m1/s1. The van der Waals surface area contributed by atoms with E-state index in [9.17, 15) is 4.39 Å². The zero-order valence-electron chi connectivity index (χ0n) is 15.2. The lowest BCUT2D eigenvalue weighted by molar-refractivity contribution is 0.00864. The number of ether oxygens (including phenoxy) is 1. The van der Waals surface area contributed by atoms with E-state index >= 15 is 0 Å². The second-order valence-electron chi connectivity index (χ2n) is 7.07. The molecule has 2 heterocycles. The Labute approximate surface area is 157 Å². The van der Waals surface area contributed by atoms with Gasteiger partial charge in [0.25, 0.3) is 0 Å². The third kappa shape index (κ3) is 4.00. The molecule has 1 N–H and O–H groups in total. The van der Waals surface area contributed by atoms with Gasteiger partial charge in [-0.2, -0.15) is 5.26 Å². The first-order chi connectivity index (χ1) is 13.1. The number of aryl methyl sites for hydroxylation is 1. The van der Waals surface area contributed by atoms with Crippen molar-refractivity contribution < 1.29 is 9.13 Å². The molecule has 2 atom stereocenters.